The van der Waals surface area contributed by atoms with Gasteiger partial charge in [0, 0.05) is 5.71 Å². The first kappa shape index (κ1) is 13.9. The highest BCUT2D eigenvalue weighted by Crippen LogP contribution is 2.27. The van der Waals surface area contributed by atoms with Gasteiger partial charge in [-0.05, 0) is 61.6 Å². The van der Waals surface area contributed by atoms with Gasteiger partial charge in [-0.25, -0.2) is 0 Å². The van der Waals surface area contributed by atoms with Crippen LogP contribution in [0.4, 0.5) is 5.69 Å². The van der Waals surface area contributed by atoms with Crippen molar-refractivity contribution in [3.63, 3.8) is 0 Å². The van der Waals surface area contributed by atoms with E-state index >= 15 is 0 Å². The van der Waals surface area contributed by atoms with E-state index in [-0.39, 0.29) is 0 Å². The van der Waals surface area contributed by atoms with Gasteiger partial charge >= 0.3 is 0 Å². The first-order valence-corrected chi connectivity index (χ1v) is 7.72. The fourth-order valence-electron chi connectivity index (χ4n) is 2.71. The van der Waals surface area contributed by atoms with Crippen LogP contribution in [-0.2, 0) is 0 Å². The van der Waals surface area contributed by atoms with Crippen LogP contribution in [0.2, 0.25) is 0 Å². The van der Waals surface area contributed by atoms with Gasteiger partial charge in [0.25, 0.3) is 0 Å². The minimum Gasteiger partial charge on any atom is -0.457 e. The molecular formula is C19H21NO. The van der Waals surface area contributed by atoms with E-state index in [0.717, 1.165) is 23.6 Å². The second kappa shape index (κ2) is 6.57. The summed E-state index contributed by atoms with van der Waals surface area (Å²) < 4.78 is 5.80. The van der Waals surface area contributed by atoms with Crippen LogP contribution in [0.15, 0.2) is 59.6 Å². The molecule has 0 heterocycles. The van der Waals surface area contributed by atoms with Crippen molar-refractivity contribution < 1.29 is 4.74 Å². The lowest BCUT2D eigenvalue weighted by Crippen LogP contribution is -2.15. The topological polar surface area (TPSA) is 21.6 Å². The second-order valence-corrected chi connectivity index (χ2v) is 5.66. The Morgan fingerprint density at radius 2 is 1.62 bits per heavy atom. The summed E-state index contributed by atoms with van der Waals surface area (Å²) in [6.45, 7) is 2.28. The van der Waals surface area contributed by atoms with Crippen molar-refractivity contribution in [1.82, 2.24) is 0 Å². The predicted octanol–water partition coefficient (Wildman–Crippen LogP) is 5.76. The van der Waals surface area contributed by atoms with Gasteiger partial charge in [-0.3, -0.25) is 4.99 Å². The quantitative estimate of drug-likeness (QED) is 0.699. The van der Waals surface area contributed by atoms with Crippen LogP contribution in [0, 0.1) is 5.92 Å². The van der Waals surface area contributed by atoms with Crippen molar-refractivity contribution in [1.29, 1.82) is 0 Å². The summed E-state index contributed by atoms with van der Waals surface area (Å²) >= 11 is 0. The molecule has 3 rings (SSSR count). The van der Waals surface area contributed by atoms with Crippen molar-refractivity contribution in [2.75, 3.05) is 0 Å². The number of ether oxygens (including phenoxy) is 1. The fraction of sp³-hybridized carbons (Fsp3) is 0.316. The summed E-state index contributed by atoms with van der Waals surface area (Å²) in [4.78, 5) is 4.81. The number of aliphatic imine (C=N–C) groups is 1. The molecule has 1 aliphatic carbocycles. The van der Waals surface area contributed by atoms with Gasteiger partial charge < -0.3 is 4.74 Å². The lowest BCUT2D eigenvalue weighted by atomic mass is 9.89. The van der Waals surface area contributed by atoms with Crippen molar-refractivity contribution >= 4 is 11.4 Å². The van der Waals surface area contributed by atoms with E-state index in [1.807, 2.05) is 54.6 Å². The molecule has 0 bridgehead atoms. The third-order valence-electron chi connectivity index (χ3n) is 3.98. The molecule has 2 nitrogen and oxygen atoms in total. The summed E-state index contributed by atoms with van der Waals surface area (Å²) in [5, 5.41) is 0. The SMILES string of the molecule is CC1CCCC/C1=N\c1ccc(Oc2ccccc2)cc1. The van der Waals surface area contributed by atoms with E-state index in [0.29, 0.717) is 5.92 Å². The summed E-state index contributed by atoms with van der Waals surface area (Å²) in [7, 11) is 0. The van der Waals surface area contributed by atoms with Crippen molar-refractivity contribution in [3.05, 3.63) is 54.6 Å². The molecule has 1 atom stereocenters. The van der Waals surface area contributed by atoms with Gasteiger partial charge in [0.2, 0.25) is 0 Å². The number of hydrogen-bond acceptors (Lipinski definition) is 2. The van der Waals surface area contributed by atoms with Crippen LogP contribution < -0.4 is 4.74 Å². The zero-order valence-electron chi connectivity index (χ0n) is 12.5. The molecule has 108 valence electrons. The predicted molar refractivity (Wildman–Crippen MR) is 87.7 cm³/mol. The summed E-state index contributed by atoms with van der Waals surface area (Å²) in [5.41, 5.74) is 2.37. The first-order chi connectivity index (χ1) is 10.3. The zero-order valence-corrected chi connectivity index (χ0v) is 12.5. The monoisotopic (exact) mass is 279 g/mol. The van der Waals surface area contributed by atoms with Crippen LogP contribution in [-0.4, -0.2) is 5.71 Å². The number of benzene rings is 2. The molecular weight excluding hydrogens is 258 g/mol. The molecule has 2 heteroatoms. The Labute approximate surface area is 126 Å². The molecule has 1 saturated carbocycles. The molecule has 1 aliphatic rings. The standard InChI is InChI=1S/C19H21NO/c1-15-7-5-6-10-19(15)20-16-11-13-18(14-12-16)21-17-8-3-2-4-9-17/h2-4,8-9,11-15H,5-7,10H2,1H3/b20-19+. The molecule has 0 aromatic heterocycles. The van der Waals surface area contributed by atoms with Crippen LogP contribution in [0.5, 0.6) is 11.5 Å². The molecule has 21 heavy (non-hydrogen) atoms. The highest BCUT2D eigenvalue weighted by Gasteiger charge is 2.15. The maximum absolute atomic E-state index is 5.80. The molecule has 2 aromatic rings. The van der Waals surface area contributed by atoms with Gasteiger partial charge in [-0.2, -0.15) is 0 Å². The molecule has 0 N–H and O–H groups in total. The van der Waals surface area contributed by atoms with E-state index in [2.05, 4.69) is 6.92 Å². The Morgan fingerprint density at radius 1 is 0.905 bits per heavy atom. The number of para-hydroxylation sites is 1. The van der Waals surface area contributed by atoms with Crippen LogP contribution in [0.3, 0.4) is 0 Å². The zero-order chi connectivity index (χ0) is 14.5. The van der Waals surface area contributed by atoms with Crippen molar-refractivity contribution in [2.24, 2.45) is 10.9 Å². The lowest BCUT2D eigenvalue weighted by Gasteiger charge is -2.20. The average molecular weight is 279 g/mol. The highest BCUT2D eigenvalue weighted by atomic mass is 16.5. The van der Waals surface area contributed by atoms with Crippen molar-refractivity contribution in [2.45, 2.75) is 32.6 Å². The van der Waals surface area contributed by atoms with Crippen molar-refractivity contribution in [3.8, 4) is 11.5 Å². The van der Waals surface area contributed by atoms with Crippen LogP contribution in [0.25, 0.3) is 0 Å². The molecule has 0 amide bonds. The fourth-order valence-corrected chi connectivity index (χ4v) is 2.71. The molecule has 0 radical (unpaired) electrons. The Balaban J connectivity index is 1.70. The third-order valence-corrected chi connectivity index (χ3v) is 3.98. The highest BCUT2D eigenvalue weighted by molar-refractivity contribution is 5.89. The maximum Gasteiger partial charge on any atom is 0.127 e. The molecule has 2 aromatic carbocycles. The van der Waals surface area contributed by atoms with Gasteiger partial charge in [0.05, 0.1) is 5.69 Å². The van der Waals surface area contributed by atoms with E-state index in [1.54, 1.807) is 0 Å². The maximum atomic E-state index is 5.80. The van der Waals surface area contributed by atoms with E-state index in [9.17, 15) is 0 Å². The summed E-state index contributed by atoms with van der Waals surface area (Å²) in [6.07, 6.45) is 5.03. The van der Waals surface area contributed by atoms with Gasteiger partial charge in [0.15, 0.2) is 0 Å². The molecule has 1 fully saturated rings. The molecule has 0 spiro atoms. The summed E-state index contributed by atoms with van der Waals surface area (Å²) in [6, 6.07) is 17.9. The Bertz CT molecular complexity index is 601. The normalized spacial score (nSPS) is 20.4. The van der Waals surface area contributed by atoms with Gasteiger partial charge in [-0.15, -0.1) is 0 Å². The van der Waals surface area contributed by atoms with Gasteiger partial charge in [-0.1, -0.05) is 31.5 Å². The van der Waals surface area contributed by atoms with Crippen LogP contribution >= 0.6 is 0 Å². The summed E-state index contributed by atoms with van der Waals surface area (Å²) in [5.74, 6) is 2.33. The average Bonchev–Trinajstić information content (AvgIpc) is 2.52. The van der Waals surface area contributed by atoms with E-state index < -0.39 is 0 Å². The minimum atomic E-state index is 0.624. The Kier molecular flexibility index (Phi) is 4.34. The van der Waals surface area contributed by atoms with E-state index in [1.165, 1.54) is 25.0 Å². The smallest absolute Gasteiger partial charge is 0.127 e. The third kappa shape index (κ3) is 3.72. The number of rotatable bonds is 3. The Hall–Kier alpha value is -2.09. The molecule has 0 saturated heterocycles. The van der Waals surface area contributed by atoms with Crippen LogP contribution in [0.1, 0.15) is 32.6 Å². The lowest BCUT2D eigenvalue weighted by molar-refractivity contribution is 0.483. The second-order valence-electron chi connectivity index (χ2n) is 5.66. The first-order valence-electron chi connectivity index (χ1n) is 7.72. The molecule has 0 aliphatic heterocycles. The largest absolute Gasteiger partial charge is 0.457 e. The number of nitrogens with zero attached hydrogens (tertiary/aromatic N) is 1. The Morgan fingerprint density at radius 3 is 2.33 bits per heavy atom. The molecule has 1 unspecified atom stereocenters. The number of hydrogen-bond donors (Lipinski definition) is 0. The minimum absolute atomic E-state index is 0.624. The van der Waals surface area contributed by atoms with E-state index in [4.69, 9.17) is 9.73 Å². The van der Waals surface area contributed by atoms with Gasteiger partial charge in [0.1, 0.15) is 11.5 Å².